The van der Waals surface area contributed by atoms with Crippen molar-refractivity contribution in [2.24, 2.45) is 0 Å². The monoisotopic (exact) mass is 300 g/mol. The number of benzene rings is 2. The Kier molecular flexibility index (Phi) is 7.87. The molecule has 0 atom stereocenters. The fourth-order valence-corrected chi connectivity index (χ4v) is 2.62. The quantitative estimate of drug-likeness (QED) is 0.473. The maximum absolute atomic E-state index is 2.28. The fraction of sp³-hybridized carbons (Fsp3) is 0.545. The summed E-state index contributed by atoms with van der Waals surface area (Å²) in [5, 5.41) is 2.80. The van der Waals surface area contributed by atoms with E-state index in [-0.39, 0.29) is 10.8 Å². The molecule has 0 N–H and O–H groups in total. The van der Waals surface area contributed by atoms with E-state index in [1.165, 1.54) is 21.9 Å². The Bertz CT molecular complexity index is 509. The maximum atomic E-state index is 2.28. The van der Waals surface area contributed by atoms with Gasteiger partial charge in [-0.1, -0.05) is 106 Å². The molecule has 0 aliphatic heterocycles. The van der Waals surface area contributed by atoms with E-state index in [0.29, 0.717) is 0 Å². The lowest BCUT2D eigenvalue weighted by Gasteiger charge is -2.25. The molecule has 0 aromatic heterocycles. The Morgan fingerprint density at radius 3 is 1.00 bits per heavy atom. The molecular formula is C22H36. The van der Waals surface area contributed by atoms with Gasteiger partial charge in [0.25, 0.3) is 0 Å². The van der Waals surface area contributed by atoms with Gasteiger partial charge in [-0.05, 0) is 32.7 Å². The van der Waals surface area contributed by atoms with Crippen LogP contribution in [0.4, 0.5) is 0 Å². The van der Waals surface area contributed by atoms with Gasteiger partial charge in [-0.25, -0.2) is 0 Å². The van der Waals surface area contributed by atoms with Gasteiger partial charge in [0.2, 0.25) is 0 Å². The molecule has 0 spiro atoms. The fourth-order valence-electron chi connectivity index (χ4n) is 2.62. The first-order chi connectivity index (χ1) is 10.2. The highest BCUT2D eigenvalue weighted by atomic mass is 14.2. The zero-order valence-electron chi connectivity index (χ0n) is 16.5. The van der Waals surface area contributed by atoms with E-state index in [0.717, 1.165) is 0 Å². The van der Waals surface area contributed by atoms with E-state index in [9.17, 15) is 0 Å². The second kappa shape index (κ2) is 8.36. The molecule has 2 rings (SSSR count). The third-order valence-electron chi connectivity index (χ3n) is 3.54. The molecule has 0 amide bonds. The molecule has 0 unspecified atom stereocenters. The molecule has 2 aromatic carbocycles. The third kappa shape index (κ3) is 4.87. The van der Waals surface area contributed by atoms with Crippen LogP contribution in [-0.4, -0.2) is 0 Å². The van der Waals surface area contributed by atoms with Crippen molar-refractivity contribution in [2.45, 2.75) is 80.1 Å². The van der Waals surface area contributed by atoms with Crippen molar-refractivity contribution in [3.63, 3.8) is 0 Å². The molecule has 22 heavy (non-hydrogen) atoms. The largest absolute Gasteiger partial charge is 0.0683 e. The van der Waals surface area contributed by atoms with Crippen LogP contribution in [0.5, 0.6) is 0 Å². The first-order valence-corrected chi connectivity index (χ1v) is 8.74. The highest BCUT2D eigenvalue weighted by Crippen LogP contribution is 2.35. The summed E-state index contributed by atoms with van der Waals surface area (Å²) in [6.07, 6.45) is 0. The minimum atomic E-state index is 0.190. The topological polar surface area (TPSA) is 0 Å². The Balaban J connectivity index is 0.00000102. The molecule has 124 valence electrons. The average Bonchev–Trinajstić information content (AvgIpc) is 2.48. The predicted molar refractivity (Wildman–Crippen MR) is 104 cm³/mol. The van der Waals surface area contributed by atoms with Crippen LogP contribution in [0.15, 0.2) is 36.4 Å². The number of hydrogen-bond donors (Lipinski definition) is 0. The molecule has 0 heteroatoms. The molecule has 0 radical (unpaired) electrons. The van der Waals surface area contributed by atoms with Crippen molar-refractivity contribution in [2.75, 3.05) is 0 Å². The van der Waals surface area contributed by atoms with Crippen LogP contribution in [0, 0.1) is 0 Å². The van der Waals surface area contributed by atoms with Gasteiger partial charge in [-0.15, -0.1) is 0 Å². The number of fused-ring (bicyclic) bond motifs is 1. The Morgan fingerprint density at radius 1 is 0.500 bits per heavy atom. The third-order valence-corrected chi connectivity index (χ3v) is 3.54. The lowest BCUT2D eigenvalue weighted by molar-refractivity contribution is 0.590. The minimum absolute atomic E-state index is 0.190. The van der Waals surface area contributed by atoms with Crippen molar-refractivity contribution in [3.05, 3.63) is 47.5 Å². The second-order valence-corrected chi connectivity index (χ2v) is 7.21. The van der Waals surface area contributed by atoms with E-state index < -0.39 is 0 Å². The molecule has 0 bridgehead atoms. The lowest BCUT2D eigenvalue weighted by atomic mass is 9.79. The zero-order valence-corrected chi connectivity index (χ0v) is 16.5. The Hall–Kier alpha value is -1.30. The molecule has 0 saturated heterocycles. The lowest BCUT2D eigenvalue weighted by Crippen LogP contribution is -2.14. The van der Waals surface area contributed by atoms with Crippen LogP contribution in [-0.2, 0) is 10.8 Å². The second-order valence-electron chi connectivity index (χ2n) is 7.21. The average molecular weight is 301 g/mol. The first kappa shape index (κ1) is 20.7. The van der Waals surface area contributed by atoms with Crippen molar-refractivity contribution >= 4 is 10.8 Å². The van der Waals surface area contributed by atoms with Crippen LogP contribution in [0.3, 0.4) is 0 Å². The van der Waals surface area contributed by atoms with Gasteiger partial charge in [-0.2, -0.15) is 0 Å². The summed E-state index contributed by atoms with van der Waals surface area (Å²) in [7, 11) is 0. The maximum Gasteiger partial charge on any atom is -0.0126 e. The number of rotatable bonds is 0. The summed E-state index contributed by atoms with van der Waals surface area (Å²) in [4.78, 5) is 0. The molecule has 0 fully saturated rings. The van der Waals surface area contributed by atoms with Crippen LogP contribution >= 0.6 is 0 Å². The molecule has 2 aromatic rings. The van der Waals surface area contributed by atoms with Crippen molar-refractivity contribution < 1.29 is 0 Å². The van der Waals surface area contributed by atoms with Gasteiger partial charge in [-0.3, -0.25) is 0 Å². The van der Waals surface area contributed by atoms with Crippen molar-refractivity contribution in [1.82, 2.24) is 0 Å². The zero-order chi connectivity index (χ0) is 17.6. The Labute approximate surface area is 139 Å². The molecular weight excluding hydrogens is 264 g/mol. The highest BCUT2D eigenvalue weighted by molar-refractivity contribution is 5.90. The summed E-state index contributed by atoms with van der Waals surface area (Å²) in [6.45, 7) is 21.7. The summed E-state index contributed by atoms with van der Waals surface area (Å²) >= 11 is 0. The van der Waals surface area contributed by atoms with E-state index in [1.807, 2.05) is 27.7 Å². The van der Waals surface area contributed by atoms with Gasteiger partial charge < -0.3 is 0 Å². The summed E-state index contributed by atoms with van der Waals surface area (Å²) in [6, 6.07) is 13.4. The highest BCUT2D eigenvalue weighted by Gasteiger charge is 2.20. The van der Waals surface area contributed by atoms with Gasteiger partial charge in [0.15, 0.2) is 0 Å². The molecule has 0 saturated carbocycles. The van der Waals surface area contributed by atoms with Crippen LogP contribution < -0.4 is 0 Å². The molecule has 0 heterocycles. The molecule has 0 nitrogen and oxygen atoms in total. The smallest absolute Gasteiger partial charge is 0.0126 e. The summed E-state index contributed by atoms with van der Waals surface area (Å²) < 4.78 is 0. The molecule has 0 aliphatic carbocycles. The summed E-state index contributed by atoms with van der Waals surface area (Å²) in [5.41, 5.74) is 3.25. The van der Waals surface area contributed by atoms with E-state index >= 15 is 0 Å². The van der Waals surface area contributed by atoms with Crippen LogP contribution in [0.1, 0.15) is 80.4 Å². The van der Waals surface area contributed by atoms with Gasteiger partial charge >= 0.3 is 0 Å². The standard InChI is InChI=1S/C18H24.2C2H6/c1-17(2,3)15-11-7-10-14-13(15)9-8-12-16(14)18(4,5)6;2*1-2/h7-12H,1-6H3;2*1-2H3. The summed E-state index contributed by atoms with van der Waals surface area (Å²) in [5.74, 6) is 0. The van der Waals surface area contributed by atoms with Gasteiger partial charge in [0, 0.05) is 0 Å². The predicted octanol–water partition coefficient (Wildman–Crippen LogP) is 7.49. The van der Waals surface area contributed by atoms with Crippen molar-refractivity contribution in [3.8, 4) is 0 Å². The van der Waals surface area contributed by atoms with E-state index in [4.69, 9.17) is 0 Å². The van der Waals surface area contributed by atoms with Crippen LogP contribution in [0.2, 0.25) is 0 Å². The van der Waals surface area contributed by atoms with Crippen molar-refractivity contribution in [1.29, 1.82) is 0 Å². The first-order valence-electron chi connectivity index (χ1n) is 8.74. The normalized spacial score (nSPS) is 11.2. The Morgan fingerprint density at radius 2 is 0.773 bits per heavy atom. The SMILES string of the molecule is CC.CC.CC(C)(C)c1cccc2c(C(C)(C)C)cccc12. The van der Waals surface area contributed by atoms with E-state index in [2.05, 4.69) is 77.9 Å². The molecule has 0 aliphatic rings. The number of hydrogen-bond acceptors (Lipinski definition) is 0. The minimum Gasteiger partial charge on any atom is -0.0683 e. The van der Waals surface area contributed by atoms with Gasteiger partial charge in [0.05, 0.1) is 0 Å². The van der Waals surface area contributed by atoms with Gasteiger partial charge in [0.1, 0.15) is 0 Å². The van der Waals surface area contributed by atoms with Crippen LogP contribution in [0.25, 0.3) is 10.8 Å². The van der Waals surface area contributed by atoms with E-state index in [1.54, 1.807) is 0 Å².